The minimum absolute atomic E-state index is 0.200. The summed E-state index contributed by atoms with van der Waals surface area (Å²) in [4.78, 5) is 13.0. The molecule has 18 heavy (non-hydrogen) atoms. The fourth-order valence-corrected chi connectivity index (χ4v) is 1.43. The van der Waals surface area contributed by atoms with Gasteiger partial charge < -0.3 is 20.1 Å². The molecule has 0 aliphatic carbocycles. The summed E-state index contributed by atoms with van der Waals surface area (Å²) in [5, 5.41) is 12.2. The predicted molar refractivity (Wildman–Crippen MR) is 70.3 cm³/mol. The molecule has 2 N–H and O–H groups in total. The van der Waals surface area contributed by atoms with Gasteiger partial charge in [0.1, 0.15) is 17.9 Å². The van der Waals surface area contributed by atoms with Crippen molar-refractivity contribution < 1.29 is 14.6 Å². The maximum Gasteiger partial charge on any atom is 0.339 e. The first kappa shape index (κ1) is 14.5. The van der Waals surface area contributed by atoms with Crippen LogP contribution in [0.5, 0.6) is 5.75 Å². The van der Waals surface area contributed by atoms with Gasteiger partial charge in [-0.15, -0.1) is 0 Å². The van der Waals surface area contributed by atoms with E-state index in [-0.39, 0.29) is 5.56 Å². The van der Waals surface area contributed by atoms with Gasteiger partial charge in [0.05, 0.1) is 0 Å². The third-order valence-electron chi connectivity index (χ3n) is 2.39. The monoisotopic (exact) mass is 252 g/mol. The van der Waals surface area contributed by atoms with Gasteiger partial charge in [0.25, 0.3) is 0 Å². The Hall–Kier alpha value is -1.59. The lowest BCUT2D eigenvalue weighted by atomic mass is 10.2. The molecular formula is C13H20N2O3. The van der Waals surface area contributed by atoms with Gasteiger partial charge >= 0.3 is 5.97 Å². The molecule has 0 saturated heterocycles. The first-order chi connectivity index (χ1) is 8.61. The summed E-state index contributed by atoms with van der Waals surface area (Å²) in [6.45, 7) is 3.00. The second-order valence-electron chi connectivity index (χ2n) is 4.20. The summed E-state index contributed by atoms with van der Waals surface area (Å²) >= 11 is 0. The second-order valence-corrected chi connectivity index (χ2v) is 4.20. The molecule has 0 heterocycles. The highest BCUT2D eigenvalue weighted by Gasteiger charge is 2.09. The van der Waals surface area contributed by atoms with E-state index < -0.39 is 5.97 Å². The smallest absolute Gasteiger partial charge is 0.339 e. The highest BCUT2D eigenvalue weighted by atomic mass is 16.5. The van der Waals surface area contributed by atoms with E-state index in [1.165, 1.54) is 6.07 Å². The molecule has 0 radical (unpaired) electrons. The van der Waals surface area contributed by atoms with Gasteiger partial charge in [-0.05, 0) is 26.2 Å². The maximum atomic E-state index is 10.9. The number of carbonyl (C=O) groups is 1. The van der Waals surface area contributed by atoms with Crippen LogP contribution in [0.25, 0.3) is 0 Å². The van der Waals surface area contributed by atoms with E-state index in [1.807, 2.05) is 14.1 Å². The van der Waals surface area contributed by atoms with Gasteiger partial charge in [-0.25, -0.2) is 4.79 Å². The number of hydrogen-bond acceptors (Lipinski definition) is 4. The minimum Gasteiger partial charge on any atom is -0.491 e. The third-order valence-corrected chi connectivity index (χ3v) is 2.39. The molecule has 5 nitrogen and oxygen atoms in total. The van der Waals surface area contributed by atoms with Crippen molar-refractivity contribution in [1.82, 2.24) is 10.2 Å². The summed E-state index contributed by atoms with van der Waals surface area (Å²) in [6.07, 6.45) is 0. The summed E-state index contributed by atoms with van der Waals surface area (Å²) in [5.74, 6) is -0.550. The lowest BCUT2D eigenvalue weighted by molar-refractivity contribution is 0.0692. The number of aromatic carboxylic acids is 1. The van der Waals surface area contributed by atoms with E-state index in [0.717, 1.165) is 13.1 Å². The highest BCUT2D eigenvalue weighted by Crippen LogP contribution is 2.17. The van der Waals surface area contributed by atoms with Crippen LogP contribution in [-0.4, -0.2) is 56.3 Å². The van der Waals surface area contributed by atoms with Crippen molar-refractivity contribution in [3.63, 3.8) is 0 Å². The third kappa shape index (κ3) is 5.16. The number of carboxylic acid groups (broad SMARTS) is 1. The number of carboxylic acids is 1. The standard InChI is InChI=1S/C13H20N2O3/c1-15(2)9-7-14-8-10-18-12-6-4-3-5-11(12)13(16)17/h3-6,14H,7-10H2,1-2H3,(H,16,17). The molecule has 0 aliphatic rings. The van der Waals surface area contributed by atoms with E-state index in [2.05, 4.69) is 10.2 Å². The molecular weight excluding hydrogens is 232 g/mol. The van der Waals surface area contributed by atoms with Crippen molar-refractivity contribution in [2.75, 3.05) is 40.3 Å². The average Bonchev–Trinajstić information content (AvgIpc) is 2.33. The van der Waals surface area contributed by atoms with Crippen molar-refractivity contribution in [3.05, 3.63) is 29.8 Å². The Balaban J connectivity index is 2.29. The van der Waals surface area contributed by atoms with Crippen molar-refractivity contribution in [3.8, 4) is 5.75 Å². The van der Waals surface area contributed by atoms with E-state index in [1.54, 1.807) is 18.2 Å². The van der Waals surface area contributed by atoms with Crippen LogP contribution in [0.1, 0.15) is 10.4 Å². The molecule has 0 aliphatic heterocycles. The number of hydrogen-bond donors (Lipinski definition) is 2. The number of nitrogens with one attached hydrogen (secondary N) is 1. The van der Waals surface area contributed by atoms with Crippen LogP contribution in [0.3, 0.4) is 0 Å². The SMILES string of the molecule is CN(C)CCNCCOc1ccccc1C(=O)O. The normalized spacial score (nSPS) is 10.6. The summed E-state index contributed by atoms with van der Waals surface area (Å²) in [6, 6.07) is 6.66. The number of nitrogens with zero attached hydrogens (tertiary/aromatic N) is 1. The molecule has 1 rings (SSSR count). The number of para-hydroxylation sites is 1. The molecule has 0 atom stereocenters. The molecule has 0 saturated carbocycles. The average molecular weight is 252 g/mol. The summed E-state index contributed by atoms with van der Waals surface area (Å²) in [7, 11) is 4.03. The van der Waals surface area contributed by atoms with Gasteiger partial charge in [-0.1, -0.05) is 12.1 Å². The van der Waals surface area contributed by atoms with Gasteiger partial charge in [0.15, 0.2) is 0 Å². The Labute approximate surface area is 107 Å². The molecule has 0 amide bonds. The molecule has 100 valence electrons. The Kier molecular flexibility index (Phi) is 6.18. The highest BCUT2D eigenvalue weighted by molar-refractivity contribution is 5.90. The van der Waals surface area contributed by atoms with Crippen molar-refractivity contribution in [1.29, 1.82) is 0 Å². The fourth-order valence-electron chi connectivity index (χ4n) is 1.43. The zero-order chi connectivity index (χ0) is 13.4. The Morgan fingerprint density at radius 2 is 2.06 bits per heavy atom. The van der Waals surface area contributed by atoms with E-state index in [0.29, 0.717) is 18.9 Å². The maximum absolute atomic E-state index is 10.9. The van der Waals surface area contributed by atoms with Gasteiger partial charge in [0, 0.05) is 19.6 Å². The molecule has 1 aromatic rings. The van der Waals surface area contributed by atoms with E-state index in [4.69, 9.17) is 9.84 Å². The van der Waals surface area contributed by atoms with E-state index in [9.17, 15) is 4.79 Å². The van der Waals surface area contributed by atoms with Crippen LogP contribution >= 0.6 is 0 Å². The molecule has 1 aromatic carbocycles. The van der Waals surface area contributed by atoms with Crippen LogP contribution in [-0.2, 0) is 0 Å². The van der Waals surface area contributed by atoms with Gasteiger partial charge in [0.2, 0.25) is 0 Å². The van der Waals surface area contributed by atoms with Crippen molar-refractivity contribution >= 4 is 5.97 Å². The lowest BCUT2D eigenvalue weighted by Crippen LogP contribution is -2.29. The summed E-state index contributed by atoms with van der Waals surface area (Å²) in [5.41, 5.74) is 0.200. The van der Waals surface area contributed by atoms with Crippen LogP contribution in [0, 0.1) is 0 Å². The van der Waals surface area contributed by atoms with Crippen LogP contribution in [0.4, 0.5) is 0 Å². The predicted octanol–water partition coefficient (Wildman–Crippen LogP) is 0.915. The molecule has 0 unspecified atom stereocenters. The number of benzene rings is 1. The van der Waals surface area contributed by atoms with Crippen LogP contribution < -0.4 is 10.1 Å². The minimum atomic E-state index is -0.967. The zero-order valence-corrected chi connectivity index (χ0v) is 10.8. The van der Waals surface area contributed by atoms with E-state index >= 15 is 0 Å². The number of likely N-dealkylation sites (N-methyl/N-ethyl adjacent to an activating group) is 1. The lowest BCUT2D eigenvalue weighted by Gasteiger charge is -2.11. The topological polar surface area (TPSA) is 61.8 Å². The van der Waals surface area contributed by atoms with Crippen molar-refractivity contribution in [2.24, 2.45) is 0 Å². The molecule has 0 aromatic heterocycles. The molecule has 0 spiro atoms. The van der Waals surface area contributed by atoms with Gasteiger partial charge in [-0.3, -0.25) is 0 Å². The number of ether oxygens (including phenoxy) is 1. The first-order valence-corrected chi connectivity index (χ1v) is 5.92. The molecule has 0 bridgehead atoms. The van der Waals surface area contributed by atoms with Crippen molar-refractivity contribution in [2.45, 2.75) is 0 Å². The molecule has 0 fully saturated rings. The zero-order valence-electron chi connectivity index (χ0n) is 10.8. The summed E-state index contributed by atoms with van der Waals surface area (Å²) < 4.78 is 5.45. The Morgan fingerprint density at radius 1 is 1.33 bits per heavy atom. The largest absolute Gasteiger partial charge is 0.491 e. The van der Waals surface area contributed by atoms with Crippen LogP contribution in [0.2, 0.25) is 0 Å². The second kappa shape index (κ2) is 7.68. The van der Waals surface area contributed by atoms with Crippen LogP contribution in [0.15, 0.2) is 24.3 Å². The quantitative estimate of drug-likeness (QED) is 0.674. The van der Waals surface area contributed by atoms with Gasteiger partial charge in [-0.2, -0.15) is 0 Å². The Bertz CT molecular complexity index is 380. The molecule has 5 heteroatoms. The first-order valence-electron chi connectivity index (χ1n) is 5.92. The fraction of sp³-hybridized carbons (Fsp3) is 0.462. The number of rotatable bonds is 8. The Morgan fingerprint density at radius 3 is 2.72 bits per heavy atom.